The summed E-state index contributed by atoms with van der Waals surface area (Å²) in [4.78, 5) is 26.1. The lowest BCUT2D eigenvalue weighted by molar-refractivity contribution is -0.118. The molecule has 4 N–H and O–H groups in total. The summed E-state index contributed by atoms with van der Waals surface area (Å²) in [5.41, 5.74) is 6.24. The Morgan fingerprint density at radius 3 is 2.55 bits per heavy atom. The zero-order chi connectivity index (χ0) is 14.8. The molecule has 1 atom stereocenters. The Hall–Kier alpha value is -2.11. The van der Waals surface area contributed by atoms with Gasteiger partial charge in [0.05, 0.1) is 0 Å². The normalized spacial score (nSPS) is 11.7. The number of nitrogens with one attached hydrogen (secondary N) is 2. The van der Waals surface area contributed by atoms with Crippen molar-refractivity contribution in [2.75, 3.05) is 13.1 Å². The van der Waals surface area contributed by atoms with Gasteiger partial charge < -0.3 is 16.4 Å². The maximum atomic E-state index is 11.5. The first-order chi connectivity index (χ1) is 9.58. The number of hydrogen-bond acceptors (Lipinski definition) is 3. The number of nitrogens with two attached hydrogens (primary N) is 1. The standard InChI is InChI=1S/C14H22N4O2/c1-11(10-13(15)19)2-8-17-14(20)18-9-5-12-3-6-16-7-4-12/h3-4,6-7,11H,2,5,8-10H2,1H3,(H2,15,19)(H2,17,18,20)/t11-/m0/s1. The van der Waals surface area contributed by atoms with Crippen LogP contribution in [0, 0.1) is 5.92 Å². The minimum Gasteiger partial charge on any atom is -0.370 e. The summed E-state index contributed by atoms with van der Waals surface area (Å²) in [5, 5.41) is 5.54. The van der Waals surface area contributed by atoms with Crippen molar-refractivity contribution in [3.63, 3.8) is 0 Å². The fourth-order valence-corrected chi connectivity index (χ4v) is 1.81. The number of primary amides is 1. The predicted octanol–water partition coefficient (Wildman–Crippen LogP) is 0.825. The van der Waals surface area contributed by atoms with Crippen molar-refractivity contribution in [3.05, 3.63) is 30.1 Å². The van der Waals surface area contributed by atoms with E-state index >= 15 is 0 Å². The number of carbonyl (C=O) groups is 2. The summed E-state index contributed by atoms with van der Waals surface area (Å²) in [6.45, 7) is 3.05. The molecule has 1 heterocycles. The summed E-state index contributed by atoms with van der Waals surface area (Å²) < 4.78 is 0. The largest absolute Gasteiger partial charge is 0.370 e. The van der Waals surface area contributed by atoms with Crippen molar-refractivity contribution >= 4 is 11.9 Å². The van der Waals surface area contributed by atoms with E-state index in [1.807, 2.05) is 19.1 Å². The molecule has 3 amide bonds. The molecule has 0 fully saturated rings. The molecule has 0 bridgehead atoms. The Balaban J connectivity index is 2.07. The van der Waals surface area contributed by atoms with E-state index in [1.165, 1.54) is 0 Å². The third-order valence-electron chi connectivity index (χ3n) is 2.92. The number of urea groups is 1. The summed E-state index contributed by atoms with van der Waals surface area (Å²) in [6, 6.07) is 3.65. The van der Waals surface area contributed by atoms with Gasteiger partial charge in [0.15, 0.2) is 0 Å². The van der Waals surface area contributed by atoms with Crippen LogP contribution in [0.25, 0.3) is 0 Å². The van der Waals surface area contributed by atoms with Crippen LogP contribution in [-0.4, -0.2) is 30.0 Å². The van der Waals surface area contributed by atoms with Crippen LogP contribution in [0.5, 0.6) is 0 Å². The first kappa shape index (κ1) is 15.9. The number of carbonyl (C=O) groups excluding carboxylic acids is 2. The fourth-order valence-electron chi connectivity index (χ4n) is 1.81. The summed E-state index contributed by atoms with van der Waals surface area (Å²) in [5.74, 6) is -0.121. The number of aromatic nitrogens is 1. The molecule has 20 heavy (non-hydrogen) atoms. The second kappa shape index (κ2) is 8.90. The molecule has 110 valence electrons. The number of rotatable bonds is 8. The molecule has 6 heteroatoms. The highest BCUT2D eigenvalue weighted by atomic mass is 16.2. The Kier molecular flexibility index (Phi) is 7.10. The van der Waals surface area contributed by atoms with E-state index in [1.54, 1.807) is 12.4 Å². The molecule has 1 aromatic rings. The molecule has 0 aromatic carbocycles. The SMILES string of the molecule is C[C@@H](CCNC(=O)NCCc1ccncc1)CC(N)=O. The minimum absolute atomic E-state index is 0.185. The third-order valence-corrected chi connectivity index (χ3v) is 2.92. The molecule has 0 spiro atoms. The van der Waals surface area contributed by atoms with Crippen LogP contribution >= 0.6 is 0 Å². The molecule has 1 aromatic heterocycles. The van der Waals surface area contributed by atoms with Crippen LogP contribution in [0.15, 0.2) is 24.5 Å². The van der Waals surface area contributed by atoms with E-state index in [-0.39, 0.29) is 17.9 Å². The van der Waals surface area contributed by atoms with Gasteiger partial charge in [0.25, 0.3) is 0 Å². The zero-order valence-electron chi connectivity index (χ0n) is 11.8. The lowest BCUT2D eigenvalue weighted by atomic mass is 10.0. The lowest BCUT2D eigenvalue weighted by Crippen LogP contribution is -2.37. The van der Waals surface area contributed by atoms with Crippen molar-refractivity contribution in [3.8, 4) is 0 Å². The molecule has 0 radical (unpaired) electrons. The molecule has 0 aliphatic rings. The number of pyridine rings is 1. The Morgan fingerprint density at radius 1 is 1.25 bits per heavy atom. The Labute approximate surface area is 119 Å². The molecule has 0 saturated carbocycles. The van der Waals surface area contributed by atoms with E-state index in [2.05, 4.69) is 15.6 Å². The molecule has 0 saturated heterocycles. The van der Waals surface area contributed by atoms with Gasteiger partial charge in [-0.05, 0) is 36.5 Å². The summed E-state index contributed by atoms with van der Waals surface area (Å²) >= 11 is 0. The fraction of sp³-hybridized carbons (Fsp3) is 0.500. The van der Waals surface area contributed by atoms with Crippen LogP contribution in [0.3, 0.4) is 0 Å². The van der Waals surface area contributed by atoms with Gasteiger partial charge in [-0.1, -0.05) is 6.92 Å². The van der Waals surface area contributed by atoms with Gasteiger partial charge >= 0.3 is 6.03 Å². The van der Waals surface area contributed by atoms with Crippen LogP contribution < -0.4 is 16.4 Å². The highest BCUT2D eigenvalue weighted by Gasteiger charge is 2.06. The van der Waals surface area contributed by atoms with Crippen molar-refractivity contribution < 1.29 is 9.59 Å². The topological polar surface area (TPSA) is 97.1 Å². The van der Waals surface area contributed by atoms with E-state index < -0.39 is 0 Å². The molecular formula is C14H22N4O2. The molecule has 0 aliphatic heterocycles. The van der Waals surface area contributed by atoms with Crippen molar-refractivity contribution in [2.45, 2.75) is 26.2 Å². The van der Waals surface area contributed by atoms with Gasteiger partial charge in [-0.25, -0.2) is 4.79 Å². The van der Waals surface area contributed by atoms with E-state index in [0.717, 1.165) is 18.4 Å². The van der Waals surface area contributed by atoms with Crippen molar-refractivity contribution in [1.29, 1.82) is 0 Å². The second-order valence-corrected chi connectivity index (χ2v) is 4.85. The number of nitrogens with zero attached hydrogens (tertiary/aromatic N) is 1. The van der Waals surface area contributed by atoms with Crippen LogP contribution in [0.4, 0.5) is 4.79 Å². The van der Waals surface area contributed by atoms with Crippen LogP contribution in [-0.2, 0) is 11.2 Å². The minimum atomic E-state index is -0.306. The van der Waals surface area contributed by atoms with Crippen LogP contribution in [0.1, 0.15) is 25.3 Å². The highest BCUT2D eigenvalue weighted by molar-refractivity contribution is 5.74. The van der Waals surface area contributed by atoms with E-state index in [0.29, 0.717) is 19.5 Å². The average molecular weight is 278 g/mol. The quantitative estimate of drug-likeness (QED) is 0.657. The molecule has 1 rings (SSSR count). The molecule has 0 aliphatic carbocycles. The first-order valence-electron chi connectivity index (χ1n) is 6.77. The third kappa shape index (κ3) is 7.35. The van der Waals surface area contributed by atoms with Crippen molar-refractivity contribution in [2.24, 2.45) is 11.7 Å². The predicted molar refractivity (Wildman–Crippen MR) is 76.9 cm³/mol. The molecular weight excluding hydrogens is 256 g/mol. The Morgan fingerprint density at radius 2 is 1.90 bits per heavy atom. The molecule has 6 nitrogen and oxygen atoms in total. The van der Waals surface area contributed by atoms with E-state index in [4.69, 9.17) is 5.73 Å². The molecule has 0 unspecified atom stereocenters. The second-order valence-electron chi connectivity index (χ2n) is 4.85. The lowest BCUT2D eigenvalue weighted by Gasteiger charge is -2.11. The summed E-state index contributed by atoms with van der Waals surface area (Å²) in [6.07, 6.45) is 5.32. The van der Waals surface area contributed by atoms with E-state index in [9.17, 15) is 9.59 Å². The van der Waals surface area contributed by atoms with Gasteiger partial charge in [-0.2, -0.15) is 0 Å². The van der Waals surface area contributed by atoms with Crippen LogP contribution in [0.2, 0.25) is 0 Å². The van der Waals surface area contributed by atoms with Gasteiger partial charge in [-0.3, -0.25) is 9.78 Å². The van der Waals surface area contributed by atoms with Crippen molar-refractivity contribution in [1.82, 2.24) is 15.6 Å². The highest BCUT2D eigenvalue weighted by Crippen LogP contribution is 2.04. The number of amides is 3. The van der Waals surface area contributed by atoms with Gasteiger partial charge in [0.2, 0.25) is 5.91 Å². The monoisotopic (exact) mass is 278 g/mol. The van der Waals surface area contributed by atoms with Gasteiger partial charge in [0, 0.05) is 31.9 Å². The average Bonchev–Trinajstić information content (AvgIpc) is 2.39. The smallest absolute Gasteiger partial charge is 0.314 e. The number of hydrogen-bond donors (Lipinski definition) is 3. The van der Waals surface area contributed by atoms with Gasteiger partial charge in [0.1, 0.15) is 0 Å². The maximum Gasteiger partial charge on any atom is 0.314 e. The zero-order valence-corrected chi connectivity index (χ0v) is 11.8. The summed E-state index contributed by atoms with van der Waals surface area (Å²) in [7, 11) is 0. The maximum absolute atomic E-state index is 11.5. The van der Waals surface area contributed by atoms with Gasteiger partial charge in [-0.15, -0.1) is 0 Å². The first-order valence-corrected chi connectivity index (χ1v) is 6.77. The Bertz CT molecular complexity index is 422.